The molecule has 2 atom stereocenters. The summed E-state index contributed by atoms with van der Waals surface area (Å²) in [6, 6.07) is -1.10. The first-order valence-corrected chi connectivity index (χ1v) is 4.69. The number of halogens is 6. The Bertz CT molecular complexity index is 215. The Morgan fingerprint density at radius 1 is 1.12 bits per heavy atom. The van der Waals surface area contributed by atoms with Crippen LogP contribution < -0.4 is 5.73 Å². The zero-order valence-electron chi connectivity index (χ0n) is 8.85. The van der Waals surface area contributed by atoms with Crippen LogP contribution in [-0.4, -0.2) is 42.3 Å². The monoisotopic (exact) mass is 269 g/mol. The van der Waals surface area contributed by atoms with Gasteiger partial charge in [-0.25, -0.2) is 0 Å². The van der Waals surface area contributed by atoms with E-state index in [1.807, 2.05) is 0 Å². The lowest BCUT2D eigenvalue weighted by Crippen LogP contribution is -2.51. The minimum Gasteiger partial charge on any atom is -0.394 e. The van der Waals surface area contributed by atoms with Crippen LogP contribution in [0, 0.1) is 0 Å². The average Bonchev–Trinajstić information content (AvgIpc) is 2.14. The van der Waals surface area contributed by atoms with Crippen molar-refractivity contribution in [2.45, 2.75) is 43.9 Å². The standard InChI is InChI=1S/C8H13F6NO2/c1-2-4(15)5(3-16)17-6(7(9,10)11)8(12,13)14/h4-6,16H,2-3,15H2,1H3. The third-order valence-electron chi connectivity index (χ3n) is 2.03. The summed E-state index contributed by atoms with van der Waals surface area (Å²) in [5.41, 5.74) is 5.24. The van der Waals surface area contributed by atoms with Gasteiger partial charge < -0.3 is 15.6 Å². The van der Waals surface area contributed by atoms with Gasteiger partial charge in [-0.05, 0) is 6.42 Å². The van der Waals surface area contributed by atoms with Crippen molar-refractivity contribution < 1.29 is 36.2 Å². The molecule has 0 spiro atoms. The van der Waals surface area contributed by atoms with Gasteiger partial charge in [-0.2, -0.15) is 26.3 Å². The first-order valence-electron chi connectivity index (χ1n) is 4.69. The molecule has 2 unspecified atom stereocenters. The van der Waals surface area contributed by atoms with Gasteiger partial charge in [0.15, 0.2) is 0 Å². The summed E-state index contributed by atoms with van der Waals surface area (Å²) in [4.78, 5) is 0. The van der Waals surface area contributed by atoms with Crippen LogP contribution in [0.2, 0.25) is 0 Å². The van der Waals surface area contributed by atoms with Gasteiger partial charge >= 0.3 is 12.4 Å². The molecule has 9 heteroatoms. The predicted octanol–water partition coefficient (Wildman–Crippen LogP) is 1.59. The fourth-order valence-corrected chi connectivity index (χ4v) is 1.06. The Morgan fingerprint density at radius 3 is 1.76 bits per heavy atom. The largest absolute Gasteiger partial charge is 0.423 e. The fourth-order valence-electron chi connectivity index (χ4n) is 1.06. The van der Waals surface area contributed by atoms with E-state index in [2.05, 4.69) is 4.74 Å². The predicted molar refractivity (Wildman–Crippen MR) is 46.1 cm³/mol. The van der Waals surface area contributed by atoms with Crippen molar-refractivity contribution in [2.75, 3.05) is 6.61 Å². The van der Waals surface area contributed by atoms with Gasteiger partial charge in [0.25, 0.3) is 0 Å². The molecule has 0 aliphatic rings. The molecule has 0 rings (SSSR count). The number of alkyl halides is 6. The second kappa shape index (κ2) is 5.87. The summed E-state index contributed by atoms with van der Waals surface area (Å²) in [5, 5.41) is 8.67. The van der Waals surface area contributed by atoms with E-state index in [1.165, 1.54) is 6.92 Å². The topological polar surface area (TPSA) is 55.5 Å². The van der Waals surface area contributed by atoms with Crippen molar-refractivity contribution in [1.82, 2.24) is 0 Å². The number of aliphatic hydroxyl groups is 1. The highest BCUT2D eigenvalue weighted by Gasteiger charge is 2.58. The highest BCUT2D eigenvalue weighted by Crippen LogP contribution is 2.36. The Kier molecular flexibility index (Phi) is 5.69. The average molecular weight is 269 g/mol. The summed E-state index contributed by atoms with van der Waals surface area (Å²) in [6.07, 6.45) is -16.8. The Balaban J connectivity index is 4.87. The van der Waals surface area contributed by atoms with Crippen LogP contribution in [0.15, 0.2) is 0 Å². The summed E-state index contributed by atoms with van der Waals surface area (Å²) in [5.74, 6) is 0. The molecule has 17 heavy (non-hydrogen) atoms. The molecule has 0 aromatic rings. The van der Waals surface area contributed by atoms with Crippen LogP contribution in [0.5, 0.6) is 0 Å². The van der Waals surface area contributed by atoms with Gasteiger partial charge in [0.1, 0.15) is 0 Å². The molecule has 0 saturated heterocycles. The zero-order chi connectivity index (χ0) is 13.9. The molecule has 0 bridgehead atoms. The SMILES string of the molecule is CCC(N)C(CO)OC(C(F)(F)F)C(F)(F)F. The van der Waals surface area contributed by atoms with Crippen molar-refractivity contribution in [2.24, 2.45) is 5.73 Å². The molecule has 0 aliphatic heterocycles. The number of hydrogen-bond acceptors (Lipinski definition) is 3. The molecule has 0 saturated carbocycles. The van der Waals surface area contributed by atoms with E-state index < -0.39 is 37.2 Å². The molecule has 0 heterocycles. The van der Waals surface area contributed by atoms with Crippen LogP contribution in [0.3, 0.4) is 0 Å². The first kappa shape index (κ1) is 16.5. The summed E-state index contributed by atoms with van der Waals surface area (Å²) in [6.45, 7) is 0.435. The number of nitrogens with two attached hydrogens (primary N) is 1. The van der Waals surface area contributed by atoms with Crippen molar-refractivity contribution in [3.63, 3.8) is 0 Å². The van der Waals surface area contributed by atoms with E-state index in [1.54, 1.807) is 0 Å². The number of hydrogen-bond donors (Lipinski definition) is 2. The van der Waals surface area contributed by atoms with Crippen LogP contribution >= 0.6 is 0 Å². The van der Waals surface area contributed by atoms with Gasteiger partial charge in [0.05, 0.1) is 12.7 Å². The summed E-state index contributed by atoms with van der Waals surface area (Å²) in [7, 11) is 0. The molecule has 0 radical (unpaired) electrons. The van der Waals surface area contributed by atoms with Crippen molar-refractivity contribution in [1.29, 1.82) is 0 Å². The molecule has 104 valence electrons. The smallest absolute Gasteiger partial charge is 0.394 e. The highest BCUT2D eigenvalue weighted by atomic mass is 19.4. The minimum absolute atomic E-state index is 0.0770. The second-order valence-corrected chi connectivity index (χ2v) is 3.39. The number of rotatable bonds is 5. The molecule has 3 nitrogen and oxygen atoms in total. The van der Waals surface area contributed by atoms with Crippen LogP contribution in [0.1, 0.15) is 13.3 Å². The fraction of sp³-hybridized carbons (Fsp3) is 1.00. The summed E-state index contributed by atoms with van der Waals surface area (Å²) < 4.78 is 76.5. The Hall–Kier alpha value is -0.540. The van der Waals surface area contributed by atoms with E-state index >= 15 is 0 Å². The van der Waals surface area contributed by atoms with E-state index in [0.29, 0.717) is 0 Å². The van der Waals surface area contributed by atoms with Gasteiger partial charge in [-0.3, -0.25) is 0 Å². The van der Waals surface area contributed by atoms with E-state index in [0.717, 1.165) is 0 Å². The molecule has 3 N–H and O–H groups in total. The van der Waals surface area contributed by atoms with Crippen LogP contribution in [-0.2, 0) is 4.74 Å². The third kappa shape index (κ3) is 5.09. The maximum atomic E-state index is 12.1. The van der Waals surface area contributed by atoms with Gasteiger partial charge in [0.2, 0.25) is 6.10 Å². The van der Waals surface area contributed by atoms with E-state index in [9.17, 15) is 26.3 Å². The maximum absolute atomic E-state index is 12.1. The quantitative estimate of drug-likeness (QED) is 0.745. The zero-order valence-corrected chi connectivity index (χ0v) is 8.85. The molecule has 0 aromatic heterocycles. The van der Waals surface area contributed by atoms with Gasteiger partial charge in [-0.1, -0.05) is 6.92 Å². The van der Waals surface area contributed by atoms with Gasteiger partial charge in [0, 0.05) is 6.04 Å². The number of ether oxygens (including phenoxy) is 1. The molecule has 0 aromatic carbocycles. The highest BCUT2D eigenvalue weighted by molar-refractivity contribution is 4.81. The van der Waals surface area contributed by atoms with Crippen LogP contribution in [0.4, 0.5) is 26.3 Å². The molecular formula is C8H13F6NO2. The van der Waals surface area contributed by atoms with Crippen molar-refractivity contribution in [3.8, 4) is 0 Å². The van der Waals surface area contributed by atoms with Crippen molar-refractivity contribution in [3.05, 3.63) is 0 Å². The van der Waals surface area contributed by atoms with E-state index in [-0.39, 0.29) is 6.42 Å². The van der Waals surface area contributed by atoms with Gasteiger partial charge in [-0.15, -0.1) is 0 Å². The second-order valence-electron chi connectivity index (χ2n) is 3.39. The number of aliphatic hydroxyl groups excluding tert-OH is 1. The lowest BCUT2D eigenvalue weighted by molar-refractivity contribution is -0.333. The molecule has 0 fully saturated rings. The molecular weight excluding hydrogens is 256 g/mol. The normalized spacial score (nSPS) is 17.3. The van der Waals surface area contributed by atoms with E-state index in [4.69, 9.17) is 10.8 Å². The third-order valence-corrected chi connectivity index (χ3v) is 2.03. The first-order chi connectivity index (χ1) is 7.54. The molecule has 0 amide bonds. The Morgan fingerprint density at radius 2 is 1.53 bits per heavy atom. The lowest BCUT2D eigenvalue weighted by Gasteiger charge is -2.29. The maximum Gasteiger partial charge on any atom is 0.423 e. The van der Waals surface area contributed by atoms with Crippen molar-refractivity contribution >= 4 is 0 Å². The molecule has 0 aliphatic carbocycles. The summed E-state index contributed by atoms with van der Waals surface area (Å²) >= 11 is 0. The van der Waals surface area contributed by atoms with Crippen LogP contribution in [0.25, 0.3) is 0 Å². The lowest BCUT2D eigenvalue weighted by atomic mass is 10.1. The Labute approximate surface area is 93.5 Å². The minimum atomic E-state index is -5.60.